The summed E-state index contributed by atoms with van der Waals surface area (Å²) in [5.74, 6) is 0.558. The zero-order valence-electron chi connectivity index (χ0n) is 14.7. The lowest BCUT2D eigenvalue weighted by atomic mass is 10.2. The molecule has 0 aliphatic carbocycles. The van der Waals surface area contributed by atoms with Crippen molar-refractivity contribution in [3.05, 3.63) is 17.5 Å². The first-order valence-electron chi connectivity index (χ1n) is 8.52. The monoisotopic (exact) mass is 320 g/mol. The van der Waals surface area contributed by atoms with E-state index < -0.39 is 0 Å². The van der Waals surface area contributed by atoms with Crippen molar-refractivity contribution in [2.75, 3.05) is 26.2 Å². The minimum Gasteiger partial charge on any atom is -0.341 e. The van der Waals surface area contributed by atoms with Crippen LogP contribution in [0.4, 0.5) is 0 Å². The Morgan fingerprint density at radius 2 is 2.04 bits per heavy atom. The van der Waals surface area contributed by atoms with Crippen molar-refractivity contribution in [2.45, 2.75) is 40.0 Å². The van der Waals surface area contributed by atoms with Crippen LogP contribution in [-0.4, -0.2) is 57.6 Å². The number of carbonyl (C=O) groups excluding carboxylic acids is 2. The van der Waals surface area contributed by atoms with Gasteiger partial charge in [-0.2, -0.15) is 5.10 Å². The van der Waals surface area contributed by atoms with E-state index in [1.54, 1.807) is 16.6 Å². The van der Waals surface area contributed by atoms with Gasteiger partial charge in [-0.3, -0.25) is 14.3 Å². The van der Waals surface area contributed by atoms with Crippen LogP contribution in [0.1, 0.15) is 49.8 Å². The quantitative estimate of drug-likeness (QED) is 0.830. The molecule has 1 aromatic heterocycles. The second-order valence-corrected chi connectivity index (χ2v) is 6.67. The van der Waals surface area contributed by atoms with Crippen molar-refractivity contribution in [1.82, 2.24) is 19.6 Å². The van der Waals surface area contributed by atoms with Crippen LogP contribution in [0.5, 0.6) is 0 Å². The number of carbonyl (C=O) groups is 2. The molecule has 0 saturated carbocycles. The first-order chi connectivity index (χ1) is 10.9. The SMILES string of the molecule is CCCc1cc(C(=O)N2CCC(=O)N(CC(C)C)CC2)n(C)n1. The Labute approximate surface area is 138 Å². The summed E-state index contributed by atoms with van der Waals surface area (Å²) in [6.45, 7) is 8.75. The van der Waals surface area contributed by atoms with Crippen LogP contribution in [0.15, 0.2) is 6.07 Å². The van der Waals surface area contributed by atoms with Crippen LogP contribution in [0.2, 0.25) is 0 Å². The number of hydrogen-bond acceptors (Lipinski definition) is 3. The first-order valence-corrected chi connectivity index (χ1v) is 8.52. The van der Waals surface area contributed by atoms with E-state index in [1.807, 2.05) is 11.0 Å². The Morgan fingerprint density at radius 3 is 2.70 bits per heavy atom. The molecular weight excluding hydrogens is 292 g/mol. The third kappa shape index (κ3) is 4.33. The van der Waals surface area contributed by atoms with Gasteiger partial charge < -0.3 is 9.80 Å². The van der Waals surface area contributed by atoms with Crippen molar-refractivity contribution < 1.29 is 9.59 Å². The van der Waals surface area contributed by atoms with E-state index in [-0.39, 0.29) is 11.8 Å². The van der Waals surface area contributed by atoms with E-state index in [0.29, 0.717) is 37.7 Å². The molecule has 0 spiro atoms. The van der Waals surface area contributed by atoms with Crippen LogP contribution in [0.25, 0.3) is 0 Å². The predicted octanol–water partition coefficient (Wildman–Crippen LogP) is 1.70. The number of nitrogens with zero attached hydrogens (tertiary/aromatic N) is 4. The van der Waals surface area contributed by atoms with Crippen LogP contribution >= 0.6 is 0 Å². The summed E-state index contributed by atoms with van der Waals surface area (Å²) in [4.78, 5) is 28.6. The van der Waals surface area contributed by atoms with Crippen molar-refractivity contribution in [3.63, 3.8) is 0 Å². The van der Waals surface area contributed by atoms with Gasteiger partial charge in [-0.15, -0.1) is 0 Å². The molecule has 0 atom stereocenters. The zero-order valence-corrected chi connectivity index (χ0v) is 14.7. The molecule has 6 heteroatoms. The first kappa shape index (κ1) is 17.5. The van der Waals surface area contributed by atoms with Gasteiger partial charge in [0.2, 0.25) is 5.91 Å². The largest absolute Gasteiger partial charge is 0.341 e. The molecule has 0 radical (unpaired) electrons. The average Bonchev–Trinajstić information content (AvgIpc) is 2.75. The molecule has 1 saturated heterocycles. The minimum absolute atomic E-state index is 0.0263. The van der Waals surface area contributed by atoms with Crippen LogP contribution in [-0.2, 0) is 18.3 Å². The molecule has 0 aromatic carbocycles. The lowest BCUT2D eigenvalue weighted by Gasteiger charge is -2.23. The van der Waals surface area contributed by atoms with Gasteiger partial charge in [-0.05, 0) is 18.4 Å². The Kier molecular flexibility index (Phi) is 5.80. The minimum atomic E-state index is -0.0263. The second-order valence-electron chi connectivity index (χ2n) is 6.67. The zero-order chi connectivity index (χ0) is 17.0. The maximum atomic E-state index is 12.8. The molecule has 1 fully saturated rings. The molecule has 1 aliphatic rings. The lowest BCUT2D eigenvalue weighted by molar-refractivity contribution is -0.130. The van der Waals surface area contributed by atoms with E-state index in [0.717, 1.165) is 25.1 Å². The molecule has 6 nitrogen and oxygen atoms in total. The highest BCUT2D eigenvalue weighted by molar-refractivity contribution is 5.93. The van der Waals surface area contributed by atoms with Crippen LogP contribution < -0.4 is 0 Å². The Bertz CT molecular complexity index is 565. The maximum absolute atomic E-state index is 12.8. The summed E-state index contributed by atoms with van der Waals surface area (Å²) in [6.07, 6.45) is 2.28. The summed E-state index contributed by atoms with van der Waals surface area (Å²) in [5.41, 5.74) is 1.56. The van der Waals surface area contributed by atoms with Crippen molar-refractivity contribution in [3.8, 4) is 0 Å². The topological polar surface area (TPSA) is 58.4 Å². The fraction of sp³-hybridized carbons (Fsp3) is 0.706. The molecule has 1 aliphatic heterocycles. The van der Waals surface area contributed by atoms with Crippen molar-refractivity contribution >= 4 is 11.8 Å². The Morgan fingerprint density at radius 1 is 1.30 bits per heavy atom. The van der Waals surface area contributed by atoms with Gasteiger partial charge in [0.15, 0.2) is 0 Å². The van der Waals surface area contributed by atoms with Gasteiger partial charge in [-0.1, -0.05) is 27.2 Å². The molecule has 2 rings (SSSR count). The predicted molar refractivity (Wildman–Crippen MR) is 89.1 cm³/mol. The summed E-state index contributed by atoms with van der Waals surface area (Å²) < 4.78 is 1.66. The number of rotatable bonds is 5. The van der Waals surface area contributed by atoms with E-state index >= 15 is 0 Å². The highest BCUT2D eigenvalue weighted by Crippen LogP contribution is 2.13. The standard InChI is InChI=1S/C17H28N4O2/c1-5-6-14-11-15(19(4)18-14)17(23)20-8-7-16(22)21(10-9-20)12-13(2)3/h11,13H,5-10,12H2,1-4H3. The van der Waals surface area contributed by atoms with Gasteiger partial charge in [-0.25, -0.2) is 0 Å². The third-order valence-corrected chi connectivity index (χ3v) is 4.12. The van der Waals surface area contributed by atoms with Gasteiger partial charge in [0.05, 0.1) is 5.69 Å². The summed E-state index contributed by atoms with van der Waals surface area (Å²) in [7, 11) is 1.81. The van der Waals surface area contributed by atoms with Gasteiger partial charge in [0, 0.05) is 39.6 Å². The normalized spacial score (nSPS) is 16.1. The highest BCUT2D eigenvalue weighted by Gasteiger charge is 2.26. The molecule has 0 unspecified atom stereocenters. The molecule has 0 bridgehead atoms. The molecule has 0 N–H and O–H groups in total. The molecule has 128 valence electrons. The van der Waals surface area contributed by atoms with Gasteiger partial charge in [0.1, 0.15) is 5.69 Å². The lowest BCUT2D eigenvalue weighted by Crippen LogP contribution is -2.37. The van der Waals surface area contributed by atoms with Crippen molar-refractivity contribution in [1.29, 1.82) is 0 Å². The molecular formula is C17H28N4O2. The molecule has 23 heavy (non-hydrogen) atoms. The van der Waals surface area contributed by atoms with Crippen LogP contribution in [0.3, 0.4) is 0 Å². The number of hydrogen-bond donors (Lipinski definition) is 0. The fourth-order valence-electron chi connectivity index (χ4n) is 2.97. The average molecular weight is 320 g/mol. The maximum Gasteiger partial charge on any atom is 0.272 e. The number of amides is 2. The third-order valence-electron chi connectivity index (χ3n) is 4.12. The summed E-state index contributed by atoms with van der Waals surface area (Å²) in [5, 5.41) is 4.40. The number of aryl methyl sites for hydroxylation is 2. The van der Waals surface area contributed by atoms with E-state index in [4.69, 9.17) is 0 Å². The second kappa shape index (κ2) is 7.62. The molecule has 1 aromatic rings. The number of aromatic nitrogens is 2. The van der Waals surface area contributed by atoms with E-state index in [9.17, 15) is 9.59 Å². The molecule has 2 amide bonds. The summed E-state index contributed by atoms with van der Waals surface area (Å²) in [6, 6.07) is 1.88. The highest BCUT2D eigenvalue weighted by atomic mass is 16.2. The van der Waals surface area contributed by atoms with Crippen LogP contribution in [0, 0.1) is 5.92 Å². The van der Waals surface area contributed by atoms with Crippen molar-refractivity contribution in [2.24, 2.45) is 13.0 Å². The van der Waals surface area contributed by atoms with E-state index in [2.05, 4.69) is 25.9 Å². The Balaban J connectivity index is 2.07. The summed E-state index contributed by atoms with van der Waals surface area (Å²) >= 11 is 0. The smallest absolute Gasteiger partial charge is 0.272 e. The molecule has 2 heterocycles. The fourth-order valence-corrected chi connectivity index (χ4v) is 2.97. The Hall–Kier alpha value is -1.85. The van der Waals surface area contributed by atoms with Gasteiger partial charge >= 0.3 is 0 Å². The van der Waals surface area contributed by atoms with E-state index in [1.165, 1.54) is 0 Å². The van der Waals surface area contributed by atoms with Gasteiger partial charge in [0.25, 0.3) is 5.91 Å².